The Bertz CT molecular complexity index is 660. The minimum absolute atomic E-state index is 0.240. The van der Waals surface area contributed by atoms with Crippen molar-refractivity contribution in [1.82, 2.24) is 20.8 Å². The predicted octanol–water partition coefficient (Wildman–Crippen LogP) is 3.29. The summed E-state index contributed by atoms with van der Waals surface area (Å²) in [5.74, 6) is 1.07. The average Bonchev–Trinajstić information content (AvgIpc) is 2.84. The molecule has 2 aromatic rings. The molecule has 8 heteroatoms. The quantitative estimate of drug-likeness (QED) is 0.873. The van der Waals surface area contributed by atoms with Crippen LogP contribution in [0.5, 0.6) is 0 Å². The Morgan fingerprint density at radius 2 is 2.18 bits per heavy atom. The fraction of sp³-hybridized carbons (Fsp3) is 0.357. The molecule has 2 rings (SSSR count). The smallest absolute Gasteiger partial charge is 0.315 e. The standard InChI is InChI=1S/C14H16Cl2N4O2/c1-8(11-4-3-10(15)7-12(11)16)18-14(21)17-6-5-13-19-9(2)20-22-13/h3-4,7-8H,5-6H2,1-2H3,(H2,17,18,21). The van der Waals surface area contributed by atoms with Gasteiger partial charge in [0, 0.05) is 23.0 Å². The molecule has 1 aromatic carbocycles. The molecule has 22 heavy (non-hydrogen) atoms. The van der Waals surface area contributed by atoms with Gasteiger partial charge in [-0.25, -0.2) is 4.79 Å². The lowest BCUT2D eigenvalue weighted by Crippen LogP contribution is -2.38. The highest BCUT2D eigenvalue weighted by Crippen LogP contribution is 2.25. The molecule has 1 heterocycles. The average molecular weight is 343 g/mol. The number of carbonyl (C=O) groups is 1. The molecule has 6 nitrogen and oxygen atoms in total. The maximum absolute atomic E-state index is 11.8. The number of nitrogens with zero attached hydrogens (tertiary/aromatic N) is 2. The predicted molar refractivity (Wildman–Crippen MR) is 84.2 cm³/mol. The lowest BCUT2D eigenvalue weighted by molar-refractivity contribution is 0.237. The fourth-order valence-electron chi connectivity index (χ4n) is 1.90. The molecule has 1 aromatic heterocycles. The van der Waals surface area contributed by atoms with Crippen molar-refractivity contribution >= 4 is 29.2 Å². The van der Waals surface area contributed by atoms with Crippen molar-refractivity contribution < 1.29 is 9.32 Å². The molecule has 0 spiro atoms. The number of benzene rings is 1. The Hall–Kier alpha value is -1.79. The molecule has 0 saturated carbocycles. The summed E-state index contributed by atoms with van der Waals surface area (Å²) in [4.78, 5) is 15.9. The van der Waals surface area contributed by atoms with Crippen LogP contribution in [0.15, 0.2) is 22.7 Å². The van der Waals surface area contributed by atoms with Gasteiger partial charge in [0.2, 0.25) is 5.89 Å². The number of carbonyl (C=O) groups excluding carboxylic acids is 1. The van der Waals surface area contributed by atoms with E-state index in [0.717, 1.165) is 5.56 Å². The second-order valence-corrected chi connectivity index (χ2v) is 5.62. The minimum Gasteiger partial charge on any atom is -0.339 e. The topological polar surface area (TPSA) is 80.0 Å². The molecule has 0 aliphatic carbocycles. The zero-order chi connectivity index (χ0) is 16.1. The first-order chi connectivity index (χ1) is 10.5. The Balaban J connectivity index is 1.81. The molecular formula is C14H16Cl2N4O2. The second-order valence-electron chi connectivity index (χ2n) is 4.77. The van der Waals surface area contributed by atoms with Crippen LogP contribution in [0.2, 0.25) is 10.0 Å². The maximum Gasteiger partial charge on any atom is 0.315 e. The van der Waals surface area contributed by atoms with Gasteiger partial charge in [0.25, 0.3) is 0 Å². The number of nitrogens with one attached hydrogen (secondary N) is 2. The van der Waals surface area contributed by atoms with Gasteiger partial charge < -0.3 is 15.2 Å². The molecule has 0 bridgehead atoms. The Kier molecular flexibility index (Phi) is 5.63. The zero-order valence-electron chi connectivity index (χ0n) is 12.2. The summed E-state index contributed by atoms with van der Waals surface area (Å²) in [7, 11) is 0. The lowest BCUT2D eigenvalue weighted by Gasteiger charge is -2.16. The van der Waals surface area contributed by atoms with Crippen LogP contribution in [0.1, 0.15) is 30.2 Å². The van der Waals surface area contributed by atoms with Crippen LogP contribution < -0.4 is 10.6 Å². The van der Waals surface area contributed by atoms with Crippen molar-refractivity contribution in [3.05, 3.63) is 45.5 Å². The van der Waals surface area contributed by atoms with Gasteiger partial charge in [-0.05, 0) is 31.5 Å². The molecule has 0 radical (unpaired) electrons. The molecule has 0 aliphatic rings. The third-order valence-electron chi connectivity index (χ3n) is 2.97. The van der Waals surface area contributed by atoms with E-state index in [0.29, 0.717) is 34.7 Å². The van der Waals surface area contributed by atoms with Crippen molar-refractivity contribution in [2.75, 3.05) is 6.54 Å². The first-order valence-corrected chi connectivity index (χ1v) is 7.50. The van der Waals surface area contributed by atoms with Crippen LogP contribution in [0.3, 0.4) is 0 Å². The largest absolute Gasteiger partial charge is 0.339 e. The zero-order valence-corrected chi connectivity index (χ0v) is 13.7. The number of amides is 2. The number of aromatic nitrogens is 2. The van der Waals surface area contributed by atoms with Crippen LogP contribution in [0.25, 0.3) is 0 Å². The molecule has 0 fully saturated rings. The summed E-state index contributed by atoms with van der Waals surface area (Å²) < 4.78 is 4.96. The molecule has 2 amide bonds. The van der Waals surface area contributed by atoms with Gasteiger partial charge in [-0.1, -0.05) is 34.4 Å². The number of urea groups is 1. The van der Waals surface area contributed by atoms with E-state index in [1.54, 1.807) is 25.1 Å². The van der Waals surface area contributed by atoms with E-state index in [1.807, 2.05) is 6.92 Å². The normalized spacial score (nSPS) is 12.0. The van der Waals surface area contributed by atoms with Gasteiger partial charge in [0.15, 0.2) is 5.82 Å². The van der Waals surface area contributed by atoms with Crippen LogP contribution in [-0.2, 0) is 6.42 Å². The third kappa shape index (κ3) is 4.61. The highest BCUT2D eigenvalue weighted by atomic mass is 35.5. The van der Waals surface area contributed by atoms with E-state index >= 15 is 0 Å². The second kappa shape index (κ2) is 7.47. The molecular weight excluding hydrogens is 327 g/mol. The van der Waals surface area contributed by atoms with E-state index in [-0.39, 0.29) is 12.1 Å². The Morgan fingerprint density at radius 3 is 2.82 bits per heavy atom. The summed E-state index contributed by atoms with van der Waals surface area (Å²) in [5, 5.41) is 10.3. The van der Waals surface area contributed by atoms with Crippen molar-refractivity contribution in [3.63, 3.8) is 0 Å². The summed E-state index contributed by atoms with van der Waals surface area (Å²) >= 11 is 12.0. The number of halogens is 2. The van der Waals surface area contributed by atoms with E-state index in [2.05, 4.69) is 20.8 Å². The van der Waals surface area contributed by atoms with Crippen LogP contribution in [0.4, 0.5) is 4.79 Å². The SMILES string of the molecule is Cc1noc(CCNC(=O)NC(C)c2ccc(Cl)cc2Cl)n1. The minimum atomic E-state index is -0.297. The van der Waals surface area contributed by atoms with Gasteiger partial charge in [0.1, 0.15) is 0 Å². The van der Waals surface area contributed by atoms with Gasteiger partial charge in [0.05, 0.1) is 6.04 Å². The molecule has 2 N–H and O–H groups in total. The van der Waals surface area contributed by atoms with Crippen molar-refractivity contribution in [1.29, 1.82) is 0 Å². The maximum atomic E-state index is 11.8. The number of rotatable bonds is 5. The molecule has 1 unspecified atom stereocenters. The van der Waals surface area contributed by atoms with E-state index < -0.39 is 0 Å². The fourth-order valence-corrected chi connectivity index (χ4v) is 2.47. The van der Waals surface area contributed by atoms with Gasteiger partial charge in [-0.2, -0.15) is 4.98 Å². The summed E-state index contributed by atoms with van der Waals surface area (Å²) in [6.07, 6.45) is 0.477. The van der Waals surface area contributed by atoms with Gasteiger partial charge >= 0.3 is 6.03 Å². The van der Waals surface area contributed by atoms with E-state index in [9.17, 15) is 4.79 Å². The van der Waals surface area contributed by atoms with Crippen LogP contribution in [0, 0.1) is 6.92 Å². The molecule has 118 valence electrons. The van der Waals surface area contributed by atoms with Crippen molar-refractivity contribution in [3.8, 4) is 0 Å². The van der Waals surface area contributed by atoms with Crippen LogP contribution in [-0.4, -0.2) is 22.7 Å². The number of hydrogen-bond acceptors (Lipinski definition) is 4. The van der Waals surface area contributed by atoms with Gasteiger partial charge in [-0.15, -0.1) is 0 Å². The highest BCUT2D eigenvalue weighted by Gasteiger charge is 2.13. The van der Waals surface area contributed by atoms with Crippen molar-refractivity contribution in [2.45, 2.75) is 26.3 Å². The molecule has 0 aliphatic heterocycles. The monoisotopic (exact) mass is 342 g/mol. The lowest BCUT2D eigenvalue weighted by atomic mass is 10.1. The first-order valence-electron chi connectivity index (χ1n) is 6.74. The molecule has 0 saturated heterocycles. The summed E-state index contributed by atoms with van der Waals surface area (Å²) in [6.45, 7) is 3.98. The number of hydrogen-bond donors (Lipinski definition) is 2. The Labute approximate surface area is 138 Å². The third-order valence-corrected chi connectivity index (χ3v) is 3.53. The first kappa shape index (κ1) is 16.6. The highest BCUT2D eigenvalue weighted by molar-refractivity contribution is 6.35. The van der Waals surface area contributed by atoms with Gasteiger partial charge in [-0.3, -0.25) is 0 Å². The van der Waals surface area contributed by atoms with Crippen molar-refractivity contribution in [2.24, 2.45) is 0 Å². The molecule has 1 atom stereocenters. The Morgan fingerprint density at radius 1 is 1.41 bits per heavy atom. The summed E-state index contributed by atoms with van der Waals surface area (Å²) in [6, 6.07) is 4.63. The van der Waals surface area contributed by atoms with E-state index in [1.165, 1.54) is 0 Å². The number of aryl methyl sites for hydroxylation is 1. The van der Waals surface area contributed by atoms with Crippen LogP contribution >= 0.6 is 23.2 Å². The van der Waals surface area contributed by atoms with E-state index in [4.69, 9.17) is 27.7 Å². The summed E-state index contributed by atoms with van der Waals surface area (Å²) in [5.41, 5.74) is 0.800.